The van der Waals surface area contributed by atoms with E-state index in [1.807, 2.05) is 30.5 Å². The Kier molecular flexibility index (Phi) is 2.11. The first-order valence-electron chi connectivity index (χ1n) is 5.33. The first kappa shape index (κ1) is 9.89. The van der Waals surface area contributed by atoms with Crippen molar-refractivity contribution in [3.8, 4) is 11.4 Å². The highest BCUT2D eigenvalue weighted by molar-refractivity contribution is 5.63. The van der Waals surface area contributed by atoms with Gasteiger partial charge in [0.2, 0.25) is 0 Å². The van der Waals surface area contributed by atoms with E-state index in [4.69, 9.17) is 0 Å². The monoisotopic (exact) mass is 225 g/mol. The second kappa shape index (κ2) is 3.62. The van der Waals surface area contributed by atoms with Gasteiger partial charge in [-0.15, -0.1) is 0 Å². The molecule has 0 amide bonds. The van der Waals surface area contributed by atoms with E-state index < -0.39 is 0 Å². The molecule has 3 heterocycles. The SMILES string of the molecule is Cc1cc(-c2c(C)nc3cnccn23)ncn1. The molecule has 0 bridgehead atoms. The van der Waals surface area contributed by atoms with Crippen molar-refractivity contribution in [2.75, 3.05) is 0 Å². The summed E-state index contributed by atoms with van der Waals surface area (Å²) in [7, 11) is 0. The van der Waals surface area contributed by atoms with Crippen LogP contribution in [-0.4, -0.2) is 24.3 Å². The summed E-state index contributed by atoms with van der Waals surface area (Å²) in [6, 6.07) is 1.96. The molecule has 0 aliphatic rings. The highest BCUT2D eigenvalue weighted by atomic mass is 15.0. The molecule has 0 fully saturated rings. The number of rotatable bonds is 1. The van der Waals surface area contributed by atoms with Gasteiger partial charge in [0.05, 0.1) is 23.3 Å². The van der Waals surface area contributed by atoms with Crippen LogP contribution in [0.15, 0.2) is 31.0 Å². The summed E-state index contributed by atoms with van der Waals surface area (Å²) in [6.45, 7) is 3.92. The minimum Gasteiger partial charge on any atom is -0.295 e. The normalized spacial score (nSPS) is 10.9. The average molecular weight is 225 g/mol. The first-order valence-corrected chi connectivity index (χ1v) is 5.33. The Balaban J connectivity index is 2.33. The van der Waals surface area contributed by atoms with E-state index in [1.54, 1.807) is 18.7 Å². The molecule has 0 radical (unpaired) electrons. The maximum Gasteiger partial charge on any atom is 0.156 e. The van der Waals surface area contributed by atoms with Crippen LogP contribution in [0.3, 0.4) is 0 Å². The van der Waals surface area contributed by atoms with E-state index in [-0.39, 0.29) is 0 Å². The molecular weight excluding hydrogens is 214 g/mol. The number of hydrogen-bond acceptors (Lipinski definition) is 4. The molecule has 3 aromatic heterocycles. The number of aromatic nitrogens is 5. The zero-order valence-corrected chi connectivity index (χ0v) is 9.62. The average Bonchev–Trinajstić information content (AvgIpc) is 2.64. The number of nitrogens with zero attached hydrogens (tertiary/aromatic N) is 5. The first-order chi connectivity index (χ1) is 8.25. The van der Waals surface area contributed by atoms with Crippen LogP contribution in [0, 0.1) is 13.8 Å². The van der Waals surface area contributed by atoms with E-state index in [1.165, 1.54) is 0 Å². The zero-order valence-electron chi connectivity index (χ0n) is 9.62. The van der Waals surface area contributed by atoms with Gasteiger partial charge in [-0.1, -0.05) is 0 Å². The van der Waals surface area contributed by atoms with Gasteiger partial charge in [-0.3, -0.25) is 9.38 Å². The standard InChI is InChI=1S/C12H11N5/c1-8-5-10(15-7-14-8)12-9(2)16-11-6-13-3-4-17(11)12/h3-7H,1-2H3. The van der Waals surface area contributed by atoms with Crippen molar-refractivity contribution in [2.45, 2.75) is 13.8 Å². The summed E-state index contributed by atoms with van der Waals surface area (Å²) in [5, 5.41) is 0. The molecule has 5 nitrogen and oxygen atoms in total. The third kappa shape index (κ3) is 1.56. The Morgan fingerprint density at radius 2 is 2.06 bits per heavy atom. The molecule has 5 heteroatoms. The van der Waals surface area contributed by atoms with Crippen molar-refractivity contribution in [1.29, 1.82) is 0 Å². The number of fused-ring (bicyclic) bond motifs is 1. The molecule has 0 unspecified atom stereocenters. The van der Waals surface area contributed by atoms with Gasteiger partial charge < -0.3 is 0 Å². The molecule has 84 valence electrons. The lowest BCUT2D eigenvalue weighted by molar-refractivity contribution is 1.07. The third-order valence-electron chi connectivity index (χ3n) is 2.65. The Morgan fingerprint density at radius 1 is 1.18 bits per heavy atom. The highest BCUT2D eigenvalue weighted by Gasteiger charge is 2.11. The van der Waals surface area contributed by atoms with E-state index in [2.05, 4.69) is 19.9 Å². The topological polar surface area (TPSA) is 56.0 Å². The summed E-state index contributed by atoms with van der Waals surface area (Å²) in [5.41, 5.74) is 4.59. The Bertz CT molecular complexity index is 686. The highest BCUT2D eigenvalue weighted by Crippen LogP contribution is 2.22. The molecule has 0 aliphatic carbocycles. The summed E-state index contributed by atoms with van der Waals surface area (Å²) < 4.78 is 1.99. The van der Waals surface area contributed by atoms with Gasteiger partial charge in [-0.2, -0.15) is 0 Å². The van der Waals surface area contributed by atoms with Gasteiger partial charge in [0.1, 0.15) is 6.33 Å². The molecular formula is C12H11N5. The van der Waals surface area contributed by atoms with E-state index in [0.717, 1.165) is 28.4 Å². The summed E-state index contributed by atoms with van der Waals surface area (Å²) in [6.07, 6.45) is 6.95. The van der Waals surface area contributed by atoms with Gasteiger partial charge >= 0.3 is 0 Å². The van der Waals surface area contributed by atoms with Crippen LogP contribution in [0.5, 0.6) is 0 Å². The molecule has 3 rings (SSSR count). The molecule has 3 aromatic rings. The van der Waals surface area contributed by atoms with Crippen LogP contribution in [0.2, 0.25) is 0 Å². The van der Waals surface area contributed by atoms with Crippen molar-refractivity contribution in [3.05, 3.63) is 42.4 Å². The molecule has 0 spiro atoms. The van der Waals surface area contributed by atoms with Crippen LogP contribution in [0.25, 0.3) is 17.0 Å². The summed E-state index contributed by atoms with van der Waals surface area (Å²) >= 11 is 0. The van der Waals surface area contributed by atoms with Crippen LogP contribution in [-0.2, 0) is 0 Å². The van der Waals surface area contributed by atoms with Crippen molar-refractivity contribution in [1.82, 2.24) is 24.3 Å². The van der Waals surface area contributed by atoms with Crippen LogP contribution >= 0.6 is 0 Å². The third-order valence-corrected chi connectivity index (χ3v) is 2.65. The van der Waals surface area contributed by atoms with Crippen LogP contribution in [0.1, 0.15) is 11.4 Å². The lowest BCUT2D eigenvalue weighted by atomic mass is 10.2. The van der Waals surface area contributed by atoms with Crippen molar-refractivity contribution in [2.24, 2.45) is 0 Å². The van der Waals surface area contributed by atoms with Crippen molar-refractivity contribution >= 4 is 5.65 Å². The second-order valence-corrected chi connectivity index (χ2v) is 3.89. The van der Waals surface area contributed by atoms with Crippen LogP contribution < -0.4 is 0 Å². The molecule has 0 aromatic carbocycles. The summed E-state index contributed by atoms with van der Waals surface area (Å²) in [5.74, 6) is 0. The predicted octanol–water partition coefficient (Wildman–Crippen LogP) is 1.80. The minimum absolute atomic E-state index is 0.830. The second-order valence-electron chi connectivity index (χ2n) is 3.89. The van der Waals surface area contributed by atoms with Crippen molar-refractivity contribution < 1.29 is 0 Å². The molecule has 0 N–H and O–H groups in total. The molecule has 0 saturated carbocycles. The maximum atomic E-state index is 4.46. The number of aryl methyl sites for hydroxylation is 2. The minimum atomic E-state index is 0.830. The number of imidazole rings is 1. The molecule has 17 heavy (non-hydrogen) atoms. The lowest BCUT2D eigenvalue weighted by Gasteiger charge is -2.02. The maximum absolute atomic E-state index is 4.46. The molecule has 0 aliphatic heterocycles. The quantitative estimate of drug-likeness (QED) is 0.633. The number of hydrogen-bond donors (Lipinski definition) is 0. The summed E-state index contributed by atoms with van der Waals surface area (Å²) in [4.78, 5) is 16.9. The van der Waals surface area contributed by atoms with Crippen LogP contribution in [0.4, 0.5) is 0 Å². The van der Waals surface area contributed by atoms with E-state index >= 15 is 0 Å². The van der Waals surface area contributed by atoms with Gasteiger partial charge in [0, 0.05) is 18.1 Å². The molecule has 0 saturated heterocycles. The lowest BCUT2D eigenvalue weighted by Crippen LogP contribution is -1.94. The fourth-order valence-electron chi connectivity index (χ4n) is 1.92. The fourth-order valence-corrected chi connectivity index (χ4v) is 1.92. The van der Waals surface area contributed by atoms with E-state index in [0.29, 0.717) is 0 Å². The van der Waals surface area contributed by atoms with Gasteiger partial charge in [0.15, 0.2) is 5.65 Å². The van der Waals surface area contributed by atoms with Crippen molar-refractivity contribution in [3.63, 3.8) is 0 Å². The fraction of sp³-hybridized carbons (Fsp3) is 0.167. The smallest absolute Gasteiger partial charge is 0.156 e. The Hall–Kier alpha value is -2.30. The predicted molar refractivity (Wildman–Crippen MR) is 63.5 cm³/mol. The largest absolute Gasteiger partial charge is 0.295 e. The Morgan fingerprint density at radius 3 is 2.88 bits per heavy atom. The van der Waals surface area contributed by atoms with Gasteiger partial charge in [0.25, 0.3) is 0 Å². The Labute approximate surface area is 98.2 Å². The zero-order chi connectivity index (χ0) is 11.8. The van der Waals surface area contributed by atoms with Gasteiger partial charge in [-0.05, 0) is 19.9 Å². The molecule has 0 atom stereocenters. The van der Waals surface area contributed by atoms with E-state index in [9.17, 15) is 0 Å². The van der Waals surface area contributed by atoms with Gasteiger partial charge in [-0.25, -0.2) is 15.0 Å².